The lowest BCUT2D eigenvalue weighted by molar-refractivity contribution is 0.607. The summed E-state index contributed by atoms with van der Waals surface area (Å²) in [4.78, 5) is 2.87. The van der Waals surface area contributed by atoms with Crippen LogP contribution in [0.1, 0.15) is 47.2 Å². The van der Waals surface area contributed by atoms with E-state index in [1.54, 1.807) is 12.1 Å². The molecule has 0 aromatic carbocycles. The highest BCUT2D eigenvalue weighted by molar-refractivity contribution is 7.12. The maximum Gasteiger partial charge on any atom is 0.137 e. The molecule has 0 saturated heterocycles. The highest BCUT2D eigenvalue weighted by Crippen LogP contribution is 2.33. The van der Waals surface area contributed by atoms with Crippen LogP contribution in [0.2, 0.25) is 0 Å². The van der Waals surface area contributed by atoms with Crippen molar-refractivity contribution in [2.24, 2.45) is 0 Å². The van der Waals surface area contributed by atoms with Crippen LogP contribution in [0, 0.1) is 11.6 Å². The van der Waals surface area contributed by atoms with Gasteiger partial charge in [-0.1, -0.05) is 20.8 Å². The lowest BCUT2D eigenvalue weighted by Gasteiger charge is -2.06. The molecule has 1 unspecified atom stereocenters. The summed E-state index contributed by atoms with van der Waals surface area (Å²) in [6.45, 7) is 6.05. The number of hydrogen-bond acceptors (Lipinski definition) is 2. The SMILES string of the molecule is CC(C)c1sc(CC(C)c2cc(F)cs2)cc1F. The van der Waals surface area contributed by atoms with E-state index in [1.807, 2.05) is 13.8 Å². The standard InChI is InChI=1S/C14H16F2S2/c1-8(2)14-12(16)6-11(18-14)4-9(3)13-5-10(15)7-17-13/h5-9H,4H2,1-3H3. The van der Waals surface area contributed by atoms with E-state index in [0.717, 1.165) is 21.1 Å². The van der Waals surface area contributed by atoms with Crippen molar-refractivity contribution >= 4 is 22.7 Å². The highest BCUT2D eigenvalue weighted by atomic mass is 32.1. The minimum Gasteiger partial charge on any atom is -0.206 e. The molecule has 2 rings (SSSR count). The van der Waals surface area contributed by atoms with Crippen LogP contribution in [-0.2, 0) is 6.42 Å². The van der Waals surface area contributed by atoms with E-state index in [2.05, 4.69) is 6.92 Å². The summed E-state index contributed by atoms with van der Waals surface area (Å²) in [7, 11) is 0. The predicted molar refractivity (Wildman–Crippen MR) is 74.8 cm³/mol. The molecule has 1 atom stereocenters. The fraction of sp³-hybridized carbons (Fsp3) is 0.429. The molecule has 0 amide bonds. The Morgan fingerprint density at radius 3 is 2.39 bits per heavy atom. The average molecular weight is 286 g/mol. The topological polar surface area (TPSA) is 0 Å². The Hall–Kier alpha value is -0.740. The third kappa shape index (κ3) is 2.98. The number of rotatable bonds is 4. The van der Waals surface area contributed by atoms with Crippen LogP contribution in [0.15, 0.2) is 17.5 Å². The van der Waals surface area contributed by atoms with Crippen molar-refractivity contribution < 1.29 is 8.78 Å². The van der Waals surface area contributed by atoms with Crippen LogP contribution in [0.4, 0.5) is 8.78 Å². The highest BCUT2D eigenvalue weighted by Gasteiger charge is 2.15. The van der Waals surface area contributed by atoms with Crippen molar-refractivity contribution in [1.29, 1.82) is 0 Å². The van der Waals surface area contributed by atoms with E-state index in [0.29, 0.717) is 0 Å². The largest absolute Gasteiger partial charge is 0.206 e. The molecular weight excluding hydrogens is 270 g/mol. The summed E-state index contributed by atoms with van der Waals surface area (Å²) in [6, 6.07) is 3.20. The quantitative estimate of drug-likeness (QED) is 0.690. The third-order valence-electron chi connectivity index (χ3n) is 2.87. The van der Waals surface area contributed by atoms with Crippen LogP contribution >= 0.6 is 22.7 Å². The first-order valence-corrected chi connectivity index (χ1v) is 7.69. The van der Waals surface area contributed by atoms with E-state index in [-0.39, 0.29) is 23.5 Å². The van der Waals surface area contributed by atoms with E-state index >= 15 is 0 Å². The van der Waals surface area contributed by atoms with Gasteiger partial charge in [0.1, 0.15) is 11.6 Å². The van der Waals surface area contributed by atoms with Gasteiger partial charge in [-0.15, -0.1) is 22.7 Å². The van der Waals surface area contributed by atoms with E-state index in [9.17, 15) is 8.78 Å². The molecule has 0 nitrogen and oxygen atoms in total. The first-order chi connectivity index (χ1) is 8.47. The Labute approximate surface area is 114 Å². The van der Waals surface area contributed by atoms with Gasteiger partial charge in [-0.2, -0.15) is 0 Å². The normalized spacial score (nSPS) is 13.2. The Kier molecular flexibility index (Phi) is 4.17. The molecule has 0 saturated carbocycles. The zero-order valence-electron chi connectivity index (χ0n) is 10.7. The predicted octanol–water partition coefficient (Wildman–Crippen LogP) is 5.56. The van der Waals surface area contributed by atoms with Crippen molar-refractivity contribution in [2.75, 3.05) is 0 Å². The Bertz CT molecular complexity index is 526. The number of thiophene rings is 2. The maximum atomic E-state index is 13.7. The molecule has 2 aromatic heterocycles. The second-order valence-corrected chi connectivity index (χ2v) is 6.96. The van der Waals surface area contributed by atoms with Gasteiger partial charge < -0.3 is 0 Å². The van der Waals surface area contributed by atoms with Crippen LogP contribution in [0.5, 0.6) is 0 Å². The van der Waals surface area contributed by atoms with Gasteiger partial charge >= 0.3 is 0 Å². The summed E-state index contributed by atoms with van der Waals surface area (Å²) >= 11 is 2.96. The summed E-state index contributed by atoms with van der Waals surface area (Å²) in [5, 5.41) is 1.51. The molecule has 0 aliphatic heterocycles. The molecular formula is C14H16F2S2. The van der Waals surface area contributed by atoms with Crippen molar-refractivity contribution in [3.8, 4) is 0 Å². The third-order valence-corrected chi connectivity index (χ3v) is 5.44. The Morgan fingerprint density at radius 2 is 1.89 bits per heavy atom. The van der Waals surface area contributed by atoms with Gasteiger partial charge in [0.2, 0.25) is 0 Å². The Morgan fingerprint density at radius 1 is 1.17 bits per heavy atom. The molecule has 2 aromatic rings. The van der Waals surface area contributed by atoms with E-state index in [4.69, 9.17) is 0 Å². The lowest BCUT2D eigenvalue weighted by Crippen LogP contribution is -1.93. The number of halogens is 2. The molecule has 0 aliphatic rings. The molecule has 0 radical (unpaired) electrons. The zero-order chi connectivity index (χ0) is 13.3. The van der Waals surface area contributed by atoms with Gasteiger partial charge in [-0.05, 0) is 30.4 Å². The van der Waals surface area contributed by atoms with Gasteiger partial charge in [-0.3, -0.25) is 0 Å². The summed E-state index contributed by atoms with van der Waals surface area (Å²) in [5.41, 5.74) is 0. The second kappa shape index (κ2) is 5.49. The average Bonchev–Trinajstić information content (AvgIpc) is 2.85. The van der Waals surface area contributed by atoms with Crippen molar-refractivity contribution in [2.45, 2.75) is 39.0 Å². The lowest BCUT2D eigenvalue weighted by atomic mass is 10.1. The first-order valence-electron chi connectivity index (χ1n) is 5.99. The second-order valence-electron chi connectivity index (χ2n) is 4.85. The molecule has 0 bridgehead atoms. The van der Waals surface area contributed by atoms with E-state index in [1.165, 1.54) is 28.1 Å². The van der Waals surface area contributed by atoms with Gasteiger partial charge in [0.15, 0.2) is 0 Å². The first kappa shape index (κ1) is 13.7. The maximum absolute atomic E-state index is 13.7. The van der Waals surface area contributed by atoms with Gasteiger partial charge in [0, 0.05) is 20.0 Å². The zero-order valence-corrected chi connectivity index (χ0v) is 12.3. The molecule has 0 fully saturated rings. The smallest absolute Gasteiger partial charge is 0.137 e. The van der Waals surface area contributed by atoms with Crippen molar-refractivity contribution in [1.82, 2.24) is 0 Å². The molecule has 0 spiro atoms. The fourth-order valence-corrected chi connectivity index (χ4v) is 3.90. The van der Waals surface area contributed by atoms with Crippen LogP contribution in [0.3, 0.4) is 0 Å². The molecule has 98 valence electrons. The summed E-state index contributed by atoms with van der Waals surface area (Å²) < 4.78 is 26.6. The van der Waals surface area contributed by atoms with Gasteiger partial charge in [0.05, 0.1) is 0 Å². The molecule has 0 aliphatic carbocycles. The summed E-state index contributed by atoms with van der Waals surface area (Å²) in [6.07, 6.45) is 0.772. The van der Waals surface area contributed by atoms with Crippen LogP contribution in [0.25, 0.3) is 0 Å². The molecule has 0 N–H and O–H groups in total. The van der Waals surface area contributed by atoms with Gasteiger partial charge in [0.25, 0.3) is 0 Å². The molecule has 2 heterocycles. The van der Waals surface area contributed by atoms with Crippen molar-refractivity contribution in [3.05, 3.63) is 43.8 Å². The van der Waals surface area contributed by atoms with Crippen LogP contribution in [-0.4, -0.2) is 0 Å². The van der Waals surface area contributed by atoms with Crippen LogP contribution < -0.4 is 0 Å². The molecule has 18 heavy (non-hydrogen) atoms. The summed E-state index contributed by atoms with van der Waals surface area (Å²) in [5.74, 6) is 0.174. The monoisotopic (exact) mass is 286 g/mol. The molecule has 4 heteroatoms. The Balaban J connectivity index is 2.12. The fourth-order valence-electron chi connectivity index (χ4n) is 1.92. The number of hydrogen-bond donors (Lipinski definition) is 0. The minimum atomic E-state index is -0.179. The van der Waals surface area contributed by atoms with E-state index < -0.39 is 0 Å². The van der Waals surface area contributed by atoms with Gasteiger partial charge in [-0.25, -0.2) is 8.78 Å². The minimum absolute atomic E-state index is 0.102. The van der Waals surface area contributed by atoms with Crippen molar-refractivity contribution in [3.63, 3.8) is 0 Å².